The number of hydrogen-bond donors (Lipinski definition) is 0. The van der Waals surface area contributed by atoms with E-state index < -0.39 is 5.92 Å². The van der Waals surface area contributed by atoms with Crippen molar-refractivity contribution in [2.24, 2.45) is 5.92 Å². The highest BCUT2D eigenvalue weighted by Crippen LogP contribution is 2.39. The highest BCUT2D eigenvalue weighted by molar-refractivity contribution is 6.30. The second-order valence-electron chi connectivity index (χ2n) is 9.02. The second-order valence-corrected chi connectivity index (χ2v) is 9.02. The quantitative estimate of drug-likeness (QED) is 0.316. The molecule has 0 radical (unpaired) electrons. The molecule has 0 spiro atoms. The fourth-order valence-corrected chi connectivity index (χ4v) is 4.74. The normalized spacial score (nSPS) is 16.1. The Morgan fingerprint density at radius 1 is 0.971 bits per heavy atom. The van der Waals surface area contributed by atoms with Gasteiger partial charge >= 0.3 is 0 Å². The lowest BCUT2D eigenvalue weighted by atomic mass is 9.96. The molecule has 178 valence electrons. The minimum Gasteiger partial charge on any atom is -0.493 e. The Hall–Kier alpha value is -3.21. The van der Waals surface area contributed by atoms with Crippen LogP contribution in [0.3, 0.4) is 0 Å². The van der Waals surface area contributed by atoms with E-state index in [1.807, 2.05) is 38.1 Å². The SMILES string of the molecule is CCCCC(CC)COc1cccc2c(C)cc(C3C(=O)c4cccc(OCC)c4C3=O)nc12. The number of aromatic nitrogens is 1. The summed E-state index contributed by atoms with van der Waals surface area (Å²) < 4.78 is 11.9. The maximum atomic E-state index is 13.4. The van der Waals surface area contributed by atoms with Crippen molar-refractivity contribution in [3.8, 4) is 11.5 Å². The van der Waals surface area contributed by atoms with Crippen molar-refractivity contribution in [2.75, 3.05) is 13.2 Å². The topological polar surface area (TPSA) is 65.5 Å². The van der Waals surface area contributed by atoms with Crippen LogP contribution in [0, 0.1) is 12.8 Å². The molecule has 0 fully saturated rings. The molecule has 2 atom stereocenters. The largest absolute Gasteiger partial charge is 0.493 e. The summed E-state index contributed by atoms with van der Waals surface area (Å²) in [5.41, 5.74) is 2.90. The van der Waals surface area contributed by atoms with Gasteiger partial charge in [-0.2, -0.15) is 0 Å². The Kier molecular flexibility index (Phi) is 7.30. The van der Waals surface area contributed by atoms with Crippen LogP contribution in [-0.4, -0.2) is 29.8 Å². The van der Waals surface area contributed by atoms with Crippen LogP contribution < -0.4 is 9.47 Å². The minimum atomic E-state index is -0.958. The van der Waals surface area contributed by atoms with Crippen molar-refractivity contribution in [2.45, 2.75) is 59.3 Å². The third-order valence-corrected chi connectivity index (χ3v) is 6.71. The lowest BCUT2D eigenvalue weighted by molar-refractivity contribution is 0.0887. The lowest BCUT2D eigenvalue weighted by Gasteiger charge is -2.17. The van der Waals surface area contributed by atoms with Crippen LogP contribution in [0.1, 0.15) is 84.3 Å². The van der Waals surface area contributed by atoms with E-state index in [9.17, 15) is 9.59 Å². The molecule has 0 amide bonds. The van der Waals surface area contributed by atoms with Crippen molar-refractivity contribution in [3.05, 3.63) is 64.8 Å². The van der Waals surface area contributed by atoms with Gasteiger partial charge in [0.1, 0.15) is 22.9 Å². The van der Waals surface area contributed by atoms with Crippen LogP contribution >= 0.6 is 0 Å². The van der Waals surface area contributed by atoms with E-state index >= 15 is 0 Å². The molecule has 3 aromatic rings. The average Bonchev–Trinajstić information content (AvgIpc) is 3.10. The van der Waals surface area contributed by atoms with Gasteiger partial charge in [0.25, 0.3) is 0 Å². The average molecular weight is 460 g/mol. The lowest BCUT2D eigenvalue weighted by Crippen LogP contribution is -2.16. The van der Waals surface area contributed by atoms with Crippen LogP contribution in [0.5, 0.6) is 11.5 Å². The molecule has 5 nitrogen and oxygen atoms in total. The Bertz CT molecular complexity index is 1220. The number of fused-ring (bicyclic) bond motifs is 2. The fourth-order valence-electron chi connectivity index (χ4n) is 4.74. The number of carbonyl (C=O) groups is 2. The summed E-state index contributed by atoms with van der Waals surface area (Å²) in [5, 5.41) is 0.966. The van der Waals surface area contributed by atoms with Crippen molar-refractivity contribution < 1.29 is 19.1 Å². The maximum absolute atomic E-state index is 13.4. The second kappa shape index (κ2) is 10.4. The Morgan fingerprint density at radius 3 is 2.47 bits per heavy atom. The predicted octanol–water partition coefficient (Wildman–Crippen LogP) is 6.70. The summed E-state index contributed by atoms with van der Waals surface area (Å²) in [7, 11) is 0. The summed E-state index contributed by atoms with van der Waals surface area (Å²) in [4.78, 5) is 31.6. The number of unbranched alkanes of at least 4 members (excludes halogenated alkanes) is 1. The van der Waals surface area contributed by atoms with Gasteiger partial charge in [-0.1, -0.05) is 57.4 Å². The van der Waals surface area contributed by atoms with Crippen molar-refractivity contribution in [1.29, 1.82) is 0 Å². The van der Waals surface area contributed by atoms with Gasteiger partial charge < -0.3 is 9.47 Å². The van der Waals surface area contributed by atoms with Gasteiger partial charge in [0, 0.05) is 10.9 Å². The van der Waals surface area contributed by atoms with E-state index in [4.69, 9.17) is 14.5 Å². The maximum Gasteiger partial charge on any atom is 0.184 e. The predicted molar refractivity (Wildman–Crippen MR) is 134 cm³/mol. The molecular formula is C29H33NO4. The number of benzene rings is 2. The Morgan fingerprint density at radius 2 is 1.74 bits per heavy atom. The van der Waals surface area contributed by atoms with Crippen LogP contribution in [0.4, 0.5) is 0 Å². The molecule has 0 saturated heterocycles. The van der Waals surface area contributed by atoms with E-state index in [0.717, 1.165) is 23.8 Å². The van der Waals surface area contributed by atoms with Crippen LogP contribution in [-0.2, 0) is 0 Å². The Labute approximate surface area is 201 Å². The first-order chi connectivity index (χ1) is 16.5. The zero-order valence-corrected chi connectivity index (χ0v) is 20.5. The first-order valence-electron chi connectivity index (χ1n) is 12.4. The van der Waals surface area contributed by atoms with Crippen molar-refractivity contribution in [3.63, 3.8) is 0 Å². The van der Waals surface area contributed by atoms with E-state index in [-0.39, 0.29) is 11.6 Å². The van der Waals surface area contributed by atoms with Crippen molar-refractivity contribution >= 4 is 22.5 Å². The third-order valence-electron chi connectivity index (χ3n) is 6.71. The highest BCUT2D eigenvalue weighted by Gasteiger charge is 2.42. The number of pyridine rings is 1. The summed E-state index contributed by atoms with van der Waals surface area (Å²) >= 11 is 0. The molecular weight excluding hydrogens is 426 g/mol. The monoisotopic (exact) mass is 459 g/mol. The standard InChI is InChI=1S/C29H33NO4/c1-5-8-11-19(6-2)17-34-24-15-9-12-20-18(4)16-22(30-27(20)24)26-28(31)21-13-10-14-23(33-7-3)25(21)29(26)32/h9-10,12-16,19,26H,5-8,11,17H2,1-4H3. The summed E-state index contributed by atoms with van der Waals surface area (Å²) in [6.07, 6.45) is 4.57. The van der Waals surface area contributed by atoms with E-state index in [2.05, 4.69) is 13.8 Å². The molecule has 4 rings (SSSR count). The number of Topliss-reactive ketones (excluding diaryl/α,β-unsaturated/α-hetero) is 2. The number of aryl methyl sites for hydroxylation is 1. The van der Waals surface area contributed by atoms with Crippen molar-refractivity contribution in [1.82, 2.24) is 4.98 Å². The number of nitrogens with zero attached hydrogens (tertiary/aromatic N) is 1. The summed E-state index contributed by atoms with van der Waals surface area (Å²) in [6.45, 7) is 9.29. The highest BCUT2D eigenvalue weighted by atomic mass is 16.5. The van der Waals surface area contributed by atoms with Gasteiger partial charge in [-0.15, -0.1) is 0 Å². The van der Waals surface area contributed by atoms with E-state index in [1.54, 1.807) is 18.2 Å². The number of hydrogen-bond acceptors (Lipinski definition) is 5. The number of para-hydroxylation sites is 1. The zero-order valence-electron chi connectivity index (χ0n) is 20.5. The zero-order chi connectivity index (χ0) is 24.2. The fraction of sp³-hybridized carbons (Fsp3) is 0.414. The smallest absolute Gasteiger partial charge is 0.184 e. The molecule has 0 aliphatic heterocycles. The first-order valence-corrected chi connectivity index (χ1v) is 12.4. The van der Waals surface area contributed by atoms with E-state index in [0.29, 0.717) is 53.0 Å². The van der Waals surface area contributed by atoms with Crippen LogP contribution in [0.25, 0.3) is 10.9 Å². The van der Waals surface area contributed by atoms with Crippen LogP contribution in [0.2, 0.25) is 0 Å². The van der Waals surface area contributed by atoms with E-state index in [1.165, 1.54) is 12.8 Å². The van der Waals surface area contributed by atoms with Gasteiger partial charge in [-0.05, 0) is 49.9 Å². The molecule has 0 saturated carbocycles. The molecule has 1 aromatic heterocycles. The molecule has 1 aliphatic carbocycles. The number of ether oxygens (including phenoxy) is 2. The third kappa shape index (κ3) is 4.44. The molecule has 0 N–H and O–H groups in total. The first kappa shape index (κ1) is 23.9. The van der Waals surface area contributed by atoms with Gasteiger partial charge in [0.05, 0.1) is 24.5 Å². The molecule has 2 unspecified atom stereocenters. The molecule has 1 heterocycles. The number of rotatable bonds is 10. The summed E-state index contributed by atoms with van der Waals surface area (Å²) in [6, 6.07) is 12.9. The van der Waals surface area contributed by atoms with Gasteiger partial charge in [0.15, 0.2) is 11.6 Å². The number of ketones is 2. The molecule has 2 aromatic carbocycles. The van der Waals surface area contributed by atoms with Gasteiger partial charge in [-0.25, -0.2) is 4.98 Å². The van der Waals surface area contributed by atoms with Gasteiger partial charge in [-0.3, -0.25) is 9.59 Å². The van der Waals surface area contributed by atoms with Gasteiger partial charge in [0.2, 0.25) is 0 Å². The number of carbonyl (C=O) groups excluding carboxylic acids is 2. The molecule has 0 bridgehead atoms. The van der Waals surface area contributed by atoms with Crippen LogP contribution in [0.15, 0.2) is 42.5 Å². The summed E-state index contributed by atoms with van der Waals surface area (Å²) in [5.74, 6) is 0.212. The Balaban J connectivity index is 1.70. The molecule has 1 aliphatic rings. The minimum absolute atomic E-state index is 0.225. The molecule has 5 heteroatoms. The molecule has 34 heavy (non-hydrogen) atoms.